The van der Waals surface area contributed by atoms with Gasteiger partial charge in [-0.05, 0) is 96.3 Å². The maximum atomic E-state index is 13.5. The highest BCUT2D eigenvalue weighted by atomic mass is 16.7. The zero-order chi connectivity index (χ0) is 63.9. The van der Waals surface area contributed by atoms with Crippen molar-refractivity contribution in [2.24, 2.45) is 0 Å². The molecule has 0 radical (unpaired) electrons. The number of rotatable bonds is 64. The summed E-state index contributed by atoms with van der Waals surface area (Å²) in [6.45, 7) is 5.78. The molecule has 0 saturated carbocycles. The summed E-state index contributed by atoms with van der Waals surface area (Å²) >= 11 is 0. The normalized spacial score (nSPS) is 18.6. The van der Waals surface area contributed by atoms with E-state index in [0.717, 1.165) is 77.0 Å². The SMILES string of the molecule is CCCCC/C=C\C/C=C\C/C=C\CCCCCCCCCCCCCCC(=O)OC1C(OCC(NC(=O)C(O)CCCCCCCCCCCCCC/C=C\C/C=C\CCCCC)C(O)/C=C/CCCCCCCCCCCC)OC(CO)C(O)C1O. The predicted octanol–water partition coefficient (Wildman–Crippen LogP) is 19.5. The molecule has 88 heavy (non-hydrogen) atoms. The summed E-state index contributed by atoms with van der Waals surface area (Å²) in [4.78, 5) is 26.7. The molecule has 1 saturated heterocycles. The minimum atomic E-state index is -1.62. The summed E-state index contributed by atoms with van der Waals surface area (Å²) < 4.78 is 17.7. The van der Waals surface area contributed by atoms with Gasteiger partial charge in [0, 0.05) is 6.42 Å². The van der Waals surface area contributed by atoms with Crippen LogP contribution in [0, 0.1) is 0 Å². The average Bonchev–Trinajstić information content (AvgIpc) is 2.54. The van der Waals surface area contributed by atoms with Crippen LogP contribution in [0.2, 0.25) is 0 Å². The van der Waals surface area contributed by atoms with Gasteiger partial charge >= 0.3 is 5.97 Å². The van der Waals surface area contributed by atoms with Gasteiger partial charge in [-0.3, -0.25) is 9.59 Å². The highest BCUT2D eigenvalue weighted by molar-refractivity contribution is 5.80. The molecule has 0 aromatic carbocycles. The van der Waals surface area contributed by atoms with Crippen molar-refractivity contribution in [3.63, 3.8) is 0 Å². The summed E-state index contributed by atoms with van der Waals surface area (Å²) in [7, 11) is 0. The Morgan fingerprint density at radius 1 is 0.443 bits per heavy atom. The van der Waals surface area contributed by atoms with E-state index in [-0.39, 0.29) is 19.4 Å². The zero-order valence-electron chi connectivity index (χ0n) is 57.1. The number of hydrogen-bond acceptors (Lipinski definition) is 10. The molecule has 1 heterocycles. The van der Waals surface area contributed by atoms with Gasteiger partial charge in [0.1, 0.15) is 24.4 Å². The van der Waals surface area contributed by atoms with Crippen LogP contribution in [0.3, 0.4) is 0 Å². The van der Waals surface area contributed by atoms with Crippen LogP contribution in [-0.2, 0) is 23.8 Å². The molecule has 512 valence electrons. The van der Waals surface area contributed by atoms with Gasteiger partial charge in [-0.2, -0.15) is 0 Å². The van der Waals surface area contributed by atoms with Crippen LogP contribution < -0.4 is 5.32 Å². The summed E-state index contributed by atoms with van der Waals surface area (Å²) in [5.74, 6) is -1.19. The number of hydrogen-bond donors (Lipinski definition) is 6. The number of esters is 1. The Morgan fingerprint density at radius 3 is 1.19 bits per heavy atom. The molecule has 11 heteroatoms. The Morgan fingerprint density at radius 2 is 0.784 bits per heavy atom. The first-order chi connectivity index (χ1) is 43.2. The molecule has 11 nitrogen and oxygen atoms in total. The van der Waals surface area contributed by atoms with Crippen molar-refractivity contribution < 1.29 is 49.3 Å². The van der Waals surface area contributed by atoms with E-state index < -0.39 is 67.4 Å². The number of carbonyl (C=O) groups excluding carboxylic acids is 2. The quantitative estimate of drug-likeness (QED) is 0.0195. The summed E-state index contributed by atoms with van der Waals surface area (Å²) in [6, 6.07) is -1.03. The van der Waals surface area contributed by atoms with Crippen LogP contribution in [-0.4, -0.2) is 99.6 Å². The summed E-state index contributed by atoms with van der Waals surface area (Å²) in [5, 5.41) is 57.3. The topological polar surface area (TPSA) is 175 Å². The Hall–Kier alpha value is -2.90. The van der Waals surface area contributed by atoms with Crippen molar-refractivity contribution in [1.82, 2.24) is 5.32 Å². The lowest BCUT2D eigenvalue weighted by atomic mass is 9.99. The second-order valence-electron chi connectivity index (χ2n) is 25.7. The Kier molecular flexibility index (Phi) is 60.6. The average molecular weight is 1240 g/mol. The highest BCUT2D eigenvalue weighted by Gasteiger charge is 2.47. The number of unbranched alkanes of at least 4 members (excludes halogenated alkanes) is 40. The Labute approximate surface area is 541 Å². The third kappa shape index (κ3) is 50.7. The first kappa shape index (κ1) is 83.1. The molecule has 1 aliphatic rings. The first-order valence-electron chi connectivity index (χ1n) is 37.2. The molecule has 1 rings (SSSR count). The van der Waals surface area contributed by atoms with Crippen LogP contribution in [0.15, 0.2) is 72.9 Å². The Bertz CT molecular complexity index is 1710. The molecule has 0 spiro atoms. The van der Waals surface area contributed by atoms with E-state index in [4.69, 9.17) is 14.2 Å². The van der Waals surface area contributed by atoms with Gasteiger partial charge in [-0.25, -0.2) is 0 Å². The van der Waals surface area contributed by atoms with Gasteiger partial charge in [0.05, 0.1) is 25.4 Å². The van der Waals surface area contributed by atoms with Gasteiger partial charge in [-0.1, -0.05) is 312 Å². The van der Waals surface area contributed by atoms with E-state index in [2.05, 4.69) is 86.8 Å². The fraction of sp³-hybridized carbons (Fsp3) is 0.818. The largest absolute Gasteiger partial charge is 0.454 e. The van der Waals surface area contributed by atoms with Gasteiger partial charge in [0.15, 0.2) is 12.4 Å². The van der Waals surface area contributed by atoms with Gasteiger partial charge in [0.2, 0.25) is 5.91 Å². The number of aliphatic hydroxyl groups excluding tert-OH is 5. The molecule has 0 aromatic heterocycles. The van der Waals surface area contributed by atoms with Crippen molar-refractivity contribution >= 4 is 11.9 Å². The number of carbonyl (C=O) groups is 2. The molecular formula is C77H139NO10. The lowest BCUT2D eigenvalue weighted by molar-refractivity contribution is -0.305. The lowest BCUT2D eigenvalue weighted by Crippen LogP contribution is -2.61. The van der Waals surface area contributed by atoms with E-state index in [9.17, 15) is 35.1 Å². The fourth-order valence-corrected chi connectivity index (χ4v) is 11.5. The molecule has 0 aliphatic carbocycles. The predicted molar refractivity (Wildman–Crippen MR) is 370 cm³/mol. The first-order valence-corrected chi connectivity index (χ1v) is 37.2. The Balaban J connectivity index is 2.54. The van der Waals surface area contributed by atoms with Crippen molar-refractivity contribution in [1.29, 1.82) is 0 Å². The molecule has 0 aromatic rings. The van der Waals surface area contributed by atoms with Crippen LogP contribution in [0.25, 0.3) is 0 Å². The molecule has 1 aliphatic heterocycles. The molecule has 8 atom stereocenters. The van der Waals surface area contributed by atoms with Crippen LogP contribution >= 0.6 is 0 Å². The smallest absolute Gasteiger partial charge is 0.306 e. The number of ether oxygens (including phenoxy) is 3. The standard InChI is InChI=1S/C77H139NO10/c1-4-7-10-13-16-19-22-25-27-29-31-33-35-36-37-39-41-43-45-47-50-53-56-59-62-65-72(82)88-75-74(84)73(83)71(66-79)87-77(75)86-67-68(69(80)63-60-57-54-51-48-24-21-18-15-12-9-6-3)78-76(85)70(81)64-61-58-55-52-49-46-44-42-40-38-34-32-30-28-26-23-20-17-14-11-8-5-2/h16-17,19-20,25-28,31,33,60,63,68-71,73-75,77,79-81,83-84H,4-15,18,21-24,29-30,32,34-59,61-62,64-67H2,1-3H3,(H,78,85)/b19-16-,20-17-,27-25-,28-26-,33-31-,63-60+. The van der Waals surface area contributed by atoms with E-state index >= 15 is 0 Å². The number of nitrogens with one attached hydrogen (secondary N) is 1. The van der Waals surface area contributed by atoms with Gasteiger partial charge < -0.3 is 45.1 Å². The molecule has 1 fully saturated rings. The second kappa shape index (κ2) is 64.2. The van der Waals surface area contributed by atoms with Crippen molar-refractivity contribution in [2.75, 3.05) is 13.2 Å². The maximum Gasteiger partial charge on any atom is 0.306 e. The third-order valence-corrected chi connectivity index (χ3v) is 17.3. The number of amides is 1. The second-order valence-corrected chi connectivity index (χ2v) is 25.7. The van der Waals surface area contributed by atoms with E-state index in [0.29, 0.717) is 12.8 Å². The van der Waals surface area contributed by atoms with Crippen LogP contribution in [0.1, 0.15) is 342 Å². The molecular weight excluding hydrogens is 1100 g/mol. The molecule has 1 amide bonds. The lowest BCUT2D eigenvalue weighted by Gasteiger charge is -2.41. The maximum absolute atomic E-state index is 13.5. The summed E-state index contributed by atoms with van der Waals surface area (Å²) in [6.07, 6.45) is 73.7. The number of allylic oxidation sites excluding steroid dienone is 11. The van der Waals surface area contributed by atoms with Crippen molar-refractivity contribution in [3.05, 3.63) is 72.9 Å². The van der Waals surface area contributed by atoms with E-state index in [1.165, 1.54) is 218 Å². The molecule has 0 bridgehead atoms. The molecule has 6 N–H and O–H groups in total. The monoisotopic (exact) mass is 1240 g/mol. The van der Waals surface area contributed by atoms with Crippen LogP contribution in [0.4, 0.5) is 0 Å². The van der Waals surface area contributed by atoms with E-state index in [1.807, 2.05) is 6.08 Å². The number of aliphatic hydroxyl groups is 5. The molecule has 8 unspecified atom stereocenters. The third-order valence-electron chi connectivity index (χ3n) is 17.3. The van der Waals surface area contributed by atoms with Crippen molar-refractivity contribution in [2.45, 2.75) is 391 Å². The fourth-order valence-electron chi connectivity index (χ4n) is 11.5. The highest BCUT2D eigenvalue weighted by Crippen LogP contribution is 2.26. The van der Waals surface area contributed by atoms with Crippen LogP contribution in [0.5, 0.6) is 0 Å². The van der Waals surface area contributed by atoms with E-state index in [1.54, 1.807) is 6.08 Å². The minimum absolute atomic E-state index is 0.121. The summed E-state index contributed by atoms with van der Waals surface area (Å²) in [5.41, 5.74) is 0. The zero-order valence-corrected chi connectivity index (χ0v) is 57.1. The van der Waals surface area contributed by atoms with Gasteiger partial charge in [-0.15, -0.1) is 0 Å². The van der Waals surface area contributed by atoms with Crippen molar-refractivity contribution in [3.8, 4) is 0 Å². The minimum Gasteiger partial charge on any atom is -0.454 e. The van der Waals surface area contributed by atoms with Gasteiger partial charge in [0.25, 0.3) is 0 Å².